The van der Waals surface area contributed by atoms with Crippen molar-refractivity contribution in [3.8, 4) is 0 Å². The molecule has 1 rings (SSSR count). The Labute approximate surface area is 94.4 Å². The molecule has 0 bridgehead atoms. The molecule has 0 aliphatic heterocycles. The number of anilines is 2. The number of nitrogens with zero attached hydrogens (tertiary/aromatic N) is 2. The molecule has 1 aromatic rings. The molecule has 0 unspecified atom stereocenters. The maximum Gasteiger partial charge on any atom is 0.343 e. The fourth-order valence-electron chi connectivity index (χ4n) is 1.16. The molecule has 1 heterocycles. The number of carbonyl (C=O) groups is 1. The van der Waals surface area contributed by atoms with Gasteiger partial charge in [-0.25, -0.2) is 9.78 Å². The molecule has 6 nitrogen and oxygen atoms in total. The average Bonchev–Trinajstić information content (AvgIpc) is 2.29. The Morgan fingerprint density at radius 1 is 1.50 bits per heavy atom. The van der Waals surface area contributed by atoms with Gasteiger partial charge in [0.05, 0.1) is 6.61 Å². The predicted molar refractivity (Wildman–Crippen MR) is 61.7 cm³/mol. The molecule has 0 fully saturated rings. The number of carbonyl (C=O) groups excluding carboxylic acids is 1. The lowest BCUT2D eigenvalue weighted by Gasteiger charge is -2.09. The van der Waals surface area contributed by atoms with Crippen molar-refractivity contribution in [2.75, 3.05) is 30.8 Å². The van der Waals surface area contributed by atoms with Gasteiger partial charge in [-0.2, -0.15) is 4.98 Å². The SMILES string of the molecule is CCNc1nc(NC)ncc1C(=O)OCC. The summed E-state index contributed by atoms with van der Waals surface area (Å²) in [4.78, 5) is 19.7. The van der Waals surface area contributed by atoms with Crippen LogP contribution in [0.15, 0.2) is 6.20 Å². The summed E-state index contributed by atoms with van der Waals surface area (Å²) < 4.78 is 4.91. The number of esters is 1. The Bertz CT molecular complexity index is 368. The monoisotopic (exact) mass is 224 g/mol. The van der Waals surface area contributed by atoms with Gasteiger partial charge in [0.15, 0.2) is 0 Å². The first-order valence-corrected chi connectivity index (χ1v) is 5.18. The van der Waals surface area contributed by atoms with Crippen LogP contribution in [0.4, 0.5) is 11.8 Å². The Hall–Kier alpha value is -1.85. The van der Waals surface area contributed by atoms with Gasteiger partial charge in [0, 0.05) is 19.8 Å². The molecule has 0 amide bonds. The molecule has 0 aromatic carbocycles. The summed E-state index contributed by atoms with van der Waals surface area (Å²) in [5, 5.41) is 5.81. The van der Waals surface area contributed by atoms with Crippen molar-refractivity contribution in [3.63, 3.8) is 0 Å². The van der Waals surface area contributed by atoms with Gasteiger partial charge in [-0.15, -0.1) is 0 Å². The quantitative estimate of drug-likeness (QED) is 0.730. The summed E-state index contributed by atoms with van der Waals surface area (Å²) >= 11 is 0. The Kier molecular flexibility index (Phi) is 4.50. The highest BCUT2D eigenvalue weighted by Crippen LogP contribution is 2.14. The van der Waals surface area contributed by atoms with Gasteiger partial charge in [-0.1, -0.05) is 0 Å². The molecule has 6 heteroatoms. The summed E-state index contributed by atoms with van der Waals surface area (Å²) in [6, 6.07) is 0. The van der Waals surface area contributed by atoms with Crippen LogP contribution in [-0.2, 0) is 4.74 Å². The summed E-state index contributed by atoms with van der Waals surface area (Å²) in [7, 11) is 1.72. The van der Waals surface area contributed by atoms with Crippen molar-refractivity contribution >= 4 is 17.7 Å². The van der Waals surface area contributed by atoms with E-state index in [1.807, 2.05) is 6.92 Å². The zero-order chi connectivity index (χ0) is 12.0. The lowest BCUT2D eigenvalue weighted by molar-refractivity contribution is 0.0526. The maximum atomic E-state index is 11.6. The zero-order valence-corrected chi connectivity index (χ0v) is 9.70. The second kappa shape index (κ2) is 5.89. The van der Waals surface area contributed by atoms with E-state index in [-0.39, 0.29) is 0 Å². The normalized spacial score (nSPS) is 9.69. The molecule has 2 N–H and O–H groups in total. The first kappa shape index (κ1) is 12.2. The van der Waals surface area contributed by atoms with Gasteiger partial charge >= 0.3 is 5.97 Å². The highest BCUT2D eigenvalue weighted by atomic mass is 16.5. The number of hydrogen-bond donors (Lipinski definition) is 2. The van der Waals surface area contributed by atoms with Crippen LogP contribution in [0.1, 0.15) is 24.2 Å². The summed E-state index contributed by atoms with van der Waals surface area (Å²) in [6.07, 6.45) is 1.45. The molecule has 0 aliphatic carbocycles. The van der Waals surface area contributed by atoms with Crippen molar-refractivity contribution in [3.05, 3.63) is 11.8 Å². The van der Waals surface area contributed by atoms with E-state index in [0.29, 0.717) is 30.5 Å². The van der Waals surface area contributed by atoms with E-state index in [4.69, 9.17) is 4.74 Å². The van der Waals surface area contributed by atoms with Gasteiger partial charge < -0.3 is 15.4 Å². The van der Waals surface area contributed by atoms with E-state index in [1.54, 1.807) is 14.0 Å². The van der Waals surface area contributed by atoms with Crippen LogP contribution in [0.2, 0.25) is 0 Å². The second-order valence-electron chi connectivity index (χ2n) is 2.96. The van der Waals surface area contributed by atoms with Gasteiger partial charge in [-0.05, 0) is 13.8 Å². The first-order valence-electron chi connectivity index (χ1n) is 5.18. The minimum atomic E-state index is -0.416. The van der Waals surface area contributed by atoms with Crippen molar-refractivity contribution in [2.24, 2.45) is 0 Å². The highest BCUT2D eigenvalue weighted by Gasteiger charge is 2.14. The van der Waals surface area contributed by atoms with Crippen molar-refractivity contribution in [2.45, 2.75) is 13.8 Å². The van der Waals surface area contributed by atoms with Crippen LogP contribution in [0, 0.1) is 0 Å². The minimum absolute atomic E-state index is 0.332. The number of nitrogens with one attached hydrogen (secondary N) is 2. The third kappa shape index (κ3) is 2.82. The number of hydrogen-bond acceptors (Lipinski definition) is 6. The van der Waals surface area contributed by atoms with E-state index in [1.165, 1.54) is 6.20 Å². The molecule has 16 heavy (non-hydrogen) atoms. The summed E-state index contributed by atoms with van der Waals surface area (Å²) in [5.41, 5.74) is 0.350. The number of ether oxygens (including phenoxy) is 1. The summed E-state index contributed by atoms with van der Waals surface area (Å²) in [6.45, 7) is 4.69. The van der Waals surface area contributed by atoms with E-state index in [9.17, 15) is 4.79 Å². The predicted octanol–water partition coefficient (Wildman–Crippen LogP) is 1.13. The molecule has 0 atom stereocenters. The molecular weight excluding hydrogens is 208 g/mol. The molecule has 0 radical (unpaired) electrons. The molecule has 0 spiro atoms. The minimum Gasteiger partial charge on any atom is -0.462 e. The molecule has 1 aromatic heterocycles. The Balaban J connectivity index is 3.01. The standard InChI is InChI=1S/C10H16N4O2/c1-4-12-8-7(9(15)16-5-2)6-13-10(11-3)14-8/h6H,4-5H2,1-3H3,(H2,11,12,13,14). The van der Waals surface area contributed by atoms with Gasteiger partial charge in [0.25, 0.3) is 0 Å². The van der Waals surface area contributed by atoms with Crippen molar-refractivity contribution in [1.82, 2.24) is 9.97 Å². The van der Waals surface area contributed by atoms with Gasteiger partial charge in [0.1, 0.15) is 11.4 Å². The van der Waals surface area contributed by atoms with Gasteiger partial charge in [-0.3, -0.25) is 0 Å². The second-order valence-corrected chi connectivity index (χ2v) is 2.96. The van der Waals surface area contributed by atoms with E-state index < -0.39 is 5.97 Å². The van der Waals surface area contributed by atoms with Crippen molar-refractivity contribution < 1.29 is 9.53 Å². The molecule has 88 valence electrons. The topological polar surface area (TPSA) is 76.1 Å². The van der Waals surface area contributed by atoms with Crippen LogP contribution < -0.4 is 10.6 Å². The average molecular weight is 224 g/mol. The van der Waals surface area contributed by atoms with E-state index >= 15 is 0 Å². The van der Waals surface area contributed by atoms with E-state index in [0.717, 1.165) is 0 Å². The molecule has 0 saturated heterocycles. The van der Waals surface area contributed by atoms with Gasteiger partial charge in [0.2, 0.25) is 5.95 Å². The number of rotatable bonds is 5. The summed E-state index contributed by atoms with van der Waals surface area (Å²) in [5.74, 6) is 0.533. The largest absolute Gasteiger partial charge is 0.462 e. The number of aromatic nitrogens is 2. The van der Waals surface area contributed by atoms with Crippen LogP contribution in [0.25, 0.3) is 0 Å². The lowest BCUT2D eigenvalue weighted by atomic mass is 10.3. The zero-order valence-electron chi connectivity index (χ0n) is 9.70. The lowest BCUT2D eigenvalue weighted by Crippen LogP contribution is -2.13. The first-order chi connectivity index (χ1) is 7.72. The fourth-order valence-corrected chi connectivity index (χ4v) is 1.16. The maximum absolute atomic E-state index is 11.6. The fraction of sp³-hybridized carbons (Fsp3) is 0.500. The molecule has 0 saturated carbocycles. The third-order valence-electron chi connectivity index (χ3n) is 1.85. The van der Waals surface area contributed by atoms with Crippen LogP contribution in [0.3, 0.4) is 0 Å². The Morgan fingerprint density at radius 3 is 2.81 bits per heavy atom. The van der Waals surface area contributed by atoms with Crippen LogP contribution >= 0.6 is 0 Å². The van der Waals surface area contributed by atoms with E-state index in [2.05, 4.69) is 20.6 Å². The van der Waals surface area contributed by atoms with Crippen LogP contribution in [-0.4, -0.2) is 36.1 Å². The molecule has 0 aliphatic rings. The Morgan fingerprint density at radius 2 is 2.25 bits per heavy atom. The smallest absolute Gasteiger partial charge is 0.343 e. The molecular formula is C10H16N4O2. The third-order valence-corrected chi connectivity index (χ3v) is 1.85. The highest BCUT2D eigenvalue weighted by molar-refractivity contribution is 5.94. The van der Waals surface area contributed by atoms with Crippen LogP contribution in [0.5, 0.6) is 0 Å². The van der Waals surface area contributed by atoms with Crippen molar-refractivity contribution in [1.29, 1.82) is 0 Å².